The fourth-order valence-corrected chi connectivity index (χ4v) is 2.18. The summed E-state index contributed by atoms with van der Waals surface area (Å²) in [7, 11) is 0. The first kappa shape index (κ1) is 16.2. The highest BCUT2D eigenvalue weighted by atomic mass is 35.5. The topological polar surface area (TPSA) is 62.1 Å². The summed E-state index contributed by atoms with van der Waals surface area (Å²) < 4.78 is 5.52. The second-order valence-electron chi connectivity index (χ2n) is 4.51. The van der Waals surface area contributed by atoms with Gasteiger partial charge in [0.2, 0.25) is 0 Å². The van der Waals surface area contributed by atoms with Crippen molar-refractivity contribution >= 4 is 34.8 Å². The smallest absolute Gasteiger partial charge is 0.265 e. The molecule has 2 aromatic rings. The maximum absolute atomic E-state index is 12.1. The molecule has 0 saturated carbocycles. The number of carbonyl (C=O) groups excluding carboxylic acids is 1. The number of hydrogen-bond donors (Lipinski definition) is 1. The van der Waals surface area contributed by atoms with Crippen LogP contribution < -0.4 is 10.1 Å². The van der Waals surface area contributed by atoms with Crippen LogP contribution in [0.2, 0.25) is 10.0 Å². The molecule has 1 N–H and O–H groups in total. The number of amides is 1. The van der Waals surface area contributed by atoms with Gasteiger partial charge in [0.1, 0.15) is 5.75 Å². The van der Waals surface area contributed by atoms with Gasteiger partial charge in [-0.2, -0.15) is 5.26 Å². The van der Waals surface area contributed by atoms with Crippen molar-refractivity contribution < 1.29 is 9.53 Å². The number of ether oxygens (including phenoxy) is 1. The van der Waals surface area contributed by atoms with E-state index in [0.29, 0.717) is 27.0 Å². The Labute approximate surface area is 138 Å². The summed E-state index contributed by atoms with van der Waals surface area (Å²) in [5.74, 6) is 0.0930. The average Bonchev–Trinajstić information content (AvgIpc) is 2.50. The Balaban J connectivity index is 2.04. The molecule has 2 rings (SSSR count). The monoisotopic (exact) mass is 334 g/mol. The minimum Gasteiger partial charge on any atom is -0.481 e. The Hall–Kier alpha value is -2.22. The van der Waals surface area contributed by atoms with Crippen LogP contribution in [0, 0.1) is 11.3 Å². The van der Waals surface area contributed by atoms with Gasteiger partial charge in [-0.25, -0.2) is 0 Å². The first-order valence-corrected chi connectivity index (χ1v) is 7.18. The third-order valence-corrected chi connectivity index (χ3v) is 3.38. The van der Waals surface area contributed by atoms with Gasteiger partial charge in [0.15, 0.2) is 6.10 Å². The number of nitrogens with zero attached hydrogens (tertiary/aromatic N) is 1. The largest absolute Gasteiger partial charge is 0.481 e. The second kappa shape index (κ2) is 7.17. The van der Waals surface area contributed by atoms with Gasteiger partial charge in [-0.3, -0.25) is 4.79 Å². The van der Waals surface area contributed by atoms with Crippen LogP contribution >= 0.6 is 23.2 Å². The van der Waals surface area contributed by atoms with Gasteiger partial charge in [-0.15, -0.1) is 0 Å². The molecule has 2 aromatic carbocycles. The lowest BCUT2D eigenvalue weighted by Crippen LogP contribution is -2.30. The standard InChI is InChI=1S/C16H12Cl2N2O2/c1-10(22-13-4-2-3-11(7-13)9-19)16(21)20-15-6-5-12(17)8-14(15)18/h2-8,10H,1H3,(H,20,21). The number of carbonyl (C=O) groups is 1. The Morgan fingerprint density at radius 3 is 2.73 bits per heavy atom. The zero-order valence-electron chi connectivity index (χ0n) is 11.6. The van der Waals surface area contributed by atoms with E-state index in [-0.39, 0.29) is 5.91 Å². The van der Waals surface area contributed by atoms with Crippen molar-refractivity contribution in [3.8, 4) is 11.8 Å². The summed E-state index contributed by atoms with van der Waals surface area (Å²) in [6.07, 6.45) is -0.749. The SMILES string of the molecule is CC(Oc1cccc(C#N)c1)C(=O)Nc1ccc(Cl)cc1Cl. The van der Waals surface area contributed by atoms with Crippen LogP contribution in [-0.2, 0) is 4.79 Å². The molecule has 22 heavy (non-hydrogen) atoms. The number of nitriles is 1. The predicted octanol–water partition coefficient (Wildman–Crippen LogP) is 4.27. The van der Waals surface area contributed by atoms with Gasteiger partial charge >= 0.3 is 0 Å². The highest BCUT2D eigenvalue weighted by molar-refractivity contribution is 6.36. The highest BCUT2D eigenvalue weighted by Crippen LogP contribution is 2.25. The summed E-state index contributed by atoms with van der Waals surface area (Å²) >= 11 is 11.8. The molecular weight excluding hydrogens is 323 g/mol. The summed E-state index contributed by atoms with van der Waals surface area (Å²) in [6, 6.07) is 13.4. The molecule has 0 radical (unpaired) electrons. The van der Waals surface area contributed by atoms with Gasteiger partial charge in [-0.1, -0.05) is 29.3 Å². The normalized spacial score (nSPS) is 11.4. The van der Waals surface area contributed by atoms with Crippen molar-refractivity contribution in [1.82, 2.24) is 0 Å². The van der Waals surface area contributed by atoms with E-state index >= 15 is 0 Å². The molecule has 6 heteroatoms. The number of anilines is 1. The number of hydrogen-bond acceptors (Lipinski definition) is 3. The predicted molar refractivity (Wildman–Crippen MR) is 86.3 cm³/mol. The molecule has 112 valence electrons. The molecule has 0 aliphatic rings. The maximum Gasteiger partial charge on any atom is 0.265 e. The summed E-state index contributed by atoms with van der Waals surface area (Å²) in [6.45, 7) is 1.61. The van der Waals surface area contributed by atoms with E-state index in [1.807, 2.05) is 6.07 Å². The Morgan fingerprint density at radius 2 is 2.05 bits per heavy atom. The molecule has 0 aliphatic heterocycles. The molecule has 0 saturated heterocycles. The van der Waals surface area contributed by atoms with Crippen molar-refractivity contribution in [3.63, 3.8) is 0 Å². The zero-order chi connectivity index (χ0) is 16.1. The van der Waals surface area contributed by atoms with Crippen LogP contribution in [-0.4, -0.2) is 12.0 Å². The highest BCUT2D eigenvalue weighted by Gasteiger charge is 2.16. The molecule has 1 unspecified atom stereocenters. The van der Waals surface area contributed by atoms with E-state index in [1.165, 1.54) is 0 Å². The zero-order valence-corrected chi connectivity index (χ0v) is 13.2. The van der Waals surface area contributed by atoms with Gasteiger partial charge < -0.3 is 10.1 Å². The van der Waals surface area contributed by atoms with Crippen molar-refractivity contribution in [2.75, 3.05) is 5.32 Å². The van der Waals surface area contributed by atoms with E-state index in [0.717, 1.165) is 0 Å². The third kappa shape index (κ3) is 4.14. The van der Waals surface area contributed by atoms with Crippen LogP contribution in [0.3, 0.4) is 0 Å². The lowest BCUT2D eigenvalue weighted by molar-refractivity contribution is -0.122. The molecule has 4 nitrogen and oxygen atoms in total. The Morgan fingerprint density at radius 1 is 1.27 bits per heavy atom. The summed E-state index contributed by atoms with van der Waals surface area (Å²) in [5, 5.41) is 12.3. The number of benzene rings is 2. The molecule has 0 aliphatic carbocycles. The number of nitrogens with one attached hydrogen (secondary N) is 1. The van der Waals surface area contributed by atoms with E-state index in [4.69, 9.17) is 33.2 Å². The number of rotatable bonds is 4. The van der Waals surface area contributed by atoms with Crippen LogP contribution in [0.4, 0.5) is 5.69 Å². The first-order chi connectivity index (χ1) is 10.5. The molecule has 0 heterocycles. The van der Waals surface area contributed by atoms with Crippen LogP contribution in [0.25, 0.3) is 0 Å². The average molecular weight is 335 g/mol. The van der Waals surface area contributed by atoms with Gasteiger partial charge in [0.05, 0.1) is 22.3 Å². The van der Waals surface area contributed by atoms with Crippen molar-refractivity contribution in [3.05, 3.63) is 58.1 Å². The second-order valence-corrected chi connectivity index (χ2v) is 5.36. The molecular formula is C16H12Cl2N2O2. The lowest BCUT2D eigenvalue weighted by Gasteiger charge is -2.15. The summed E-state index contributed by atoms with van der Waals surface area (Å²) in [4.78, 5) is 12.1. The molecule has 1 amide bonds. The van der Waals surface area contributed by atoms with E-state index in [2.05, 4.69) is 5.32 Å². The van der Waals surface area contributed by atoms with Gasteiger partial charge in [0, 0.05) is 5.02 Å². The van der Waals surface area contributed by atoms with Gasteiger partial charge in [-0.05, 0) is 43.3 Å². The lowest BCUT2D eigenvalue weighted by atomic mass is 10.2. The fourth-order valence-electron chi connectivity index (χ4n) is 1.72. The molecule has 1 atom stereocenters. The quantitative estimate of drug-likeness (QED) is 0.907. The van der Waals surface area contributed by atoms with E-state index < -0.39 is 6.10 Å². The summed E-state index contributed by atoms with van der Waals surface area (Å²) in [5.41, 5.74) is 0.920. The van der Waals surface area contributed by atoms with E-state index in [9.17, 15) is 4.79 Å². The molecule has 0 fully saturated rings. The number of halogens is 2. The van der Waals surface area contributed by atoms with Crippen molar-refractivity contribution in [1.29, 1.82) is 5.26 Å². The minimum atomic E-state index is -0.749. The third-order valence-electron chi connectivity index (χ3n) is 2.83. The van der Waals surface area contributed by atoms with Crippen molar-refractivity contribution in [2.24, 2.45) is 0 Å². The van der Waals surface area contributed by atoms with Crippen LogP contribution in [0.1, 0.15) is 12.5 Å². The van der Waals surface area contributed by atoms with Crippen molar-refractivity contribution in [2.45, 2.75) is 13.0 Å². The van der Waals surface area contributed by atoms with Gasteiger partial charge in [0.25, 0.3) is 5.91 Å². The molecule has 0 bridgehead atoms. The Bertz CT molecular complexity index is 741. The minimum absolute atomic E-state index is 0.347. The van der Waals surface area contributed by atoms with Crippen LogP contribution in [0.15, 0.2) is 42.5 Å². The Kier molecular flexibility index (Phi) is 5.26. The first-order valence-electron chi connectivity index (χ1n) is 6.42. The molecule has 0 aromatic heterocycles. The maximum atomic E-state index is 12.1. The molecule has 0 spiro atoms. The fraction of sp³-hybridized carbons (Fsp3) is 0.125. The van der Waals surface area contributed by atoms with Crippen LogP contribution in [0.5, 0.6) is 5.75 Å². The van der Waals surface area contributed by atoms with E-state index in [1.54, 1.807) is 49.4 Å².